The van der Waals surface area contributed by atoms with Crippen LogP contribution in [0.4, 0.5) is 4.39 Å². The molecule has 0 bridgehead atoms. The van der Waals surface area contributed by atoms with E-state index in [-0.39, 0.29) is 10.9 Å². The number of halogens is 2. The van der Waals surface area contributed by atoms with Gasteiger partial charge in [0.25, 0.3) is 0 Å². The average Bonchev–Trinajstić information content (AvgIpc) is 2.81. The molecule has 1 heterocycles. The van der Waals surface area contributed by atoms with Crippen molar-refractivity contribution in [2.45, 2.75) is 12.8 Å². The highest BCUT2D eigenvalue weighted by Gasteiger charge is 2.11. The summed E-state index contributed by atoms with van der Waals surface area (Å²) in [7, 11) is 0. The zero-order valence-electron chi connectivity index (χ0n) is 9.28. The van der Waals surface area contributed by atoms with Gasteiger partial charge in [0.2, 0.25) is 0 Å². The van der Waals surface area contributed by atoms with E-state index in [4.69, 9.17) is 17.3 Å². The second kappa shape index (κ2) is 5.12. The quantitative estimate of drug-likeness (QED) is 0.924. The van der Waals surface area contributed by atoms with Crippen molar-refractivity contribution in [3.63, 3.8) is 0 Å². The Hall–Kier alpha value is -0.970. The second-order valence-electron chi connectivity index (χ2n) is 3.84. The Morgan fingerprint density at radius 1 is 1.53 bits per heavy atom. The number of thiazole rings is 1. The summed E-state index contributed by atoms with van der Waals surface area (Å²) in [5.74, 6) is -0.175. The monoisotopic (exact) mass is 270 g/mol. The molecule has 0 spiro atoms. The van der Waals surface area contributed by atoms with Crippen molar-refractivity contribution < 1.29 is 4.39 Å². The summed E-state index contributed by atoms with van der Waals surface area (Å²) in [5.41, 5.74) is 7.23. The van der Waals surface area contributed by atoms with E-state index in [2.05, 4.69) is 4.98 Å². The predicted octanol–water partition coefficient (Wildman–Crippen LogP) is 3.66. The van der Waals surface area contributed by atoms with Gasteiger partial charge in [-0.1, -0.05) is 18.5 Å². The molecule has 2 aromatic rings. The molecule has 0 aliphatic carbocycles. The maximum Gasteiger partial charge on any atom is 0.141 e. The van der Waals surface area contributed by atoms with Crippen molar-refractivity contribution >= 4 is 22.9 Å². The first kappa shape index (κ1) is 12.5. The molecule has 0 fully saturated rings. The SMILES string of the molecule is CC(CN)c1nc(-c2ccc(F)c(Cl)c2)cs1. The fraction of sp³-hybridized carbons (Fsp3) is 0.250. The predicted molar refractivity (Wildman–Crippen MR) is 70.0 cm³/mol. The van der Waals surface area contributed by atoms with E-state index >= 15 is 0 Å². The van der Waals surface area contributed by atoms with Gasteiger partial charge in [-0.25, -0.2) is 9.37 Å². The molecule has 2 nitrogen and oxygen atoms in total. The third-order valence-electron chi connectivity index (χ3n) is 2.51. The smallest absolute Gasteiger partial charge is 0.141 e. The molecular formula is C12H12ClFN2S. The second-order valence-corrected chi connectivity index (χ2v) is 5.13. The highest BCUT2D eigenvalue weighted by molar-refractivity contribution is 7.10. The molecule has 1 aromatic heterocycles. The number of nitrogens with two attached hydrogens (primary N) is 1. The summed E-state index contributed by atoms with van der Waals surface area (Å²) < 4.78 is 13.0. The van der Waals surface area contributed by atoms with E-state index in [9.17, 15) is 4.39 Å². The average molecular weight is 271 g/mol. The number of benzene rings is 1. The molecule has 90 valence electrons. The third-order valence-corrected chi connectivity index (χ3v) is 3.88. The molecule has 0 saturated heterocycles. The zero-order chi connectivity index (χ0) is 12.4. The van der Waals surface area contributed by atoms with Crippen LogP contribution in [0.5, 0.6) is 0 Å². The summed E-state index contributed by atoms with van der Waals surface area (Å²) in [6.45, 7) is 2.59. The highest BCUT2D eigenvalue weighted by atomic mass is 35.5. The summed E-state index contributed by atoms with van der Waals surface area (Å²) in [4.78, 5) is 4.48. The Bertz CT molecular complexity index is 527. The van der Waals surface area contributed by atoms with Gasteiger partial charge in [-0.3, -0.25) is 0 Å². The molecule has 2 N–H and O–H groups in total. The van der Waals surface area contributed by atoms with Crippen molar-refractivity contribution in [1.29, 1.82) is 0 Å². The van der Waals surface area contributed by atoms with Crippen LogP contribution in [0.15, 0.2) is 23.6 Å². The van der Waals surface area contributed by atoms with Gasteiger partial charge in [0.15, 0.2) is 0 Å². The lowest BCUT2D eigenvalue weighted by Crippen LogP contribution is -2.08. The maximum absolute atomic E-state index is 13.0. The Labute approximate surface area is 108 Å². The van der Waals surface area contributed by atoms with E-state index in [1.807, 2.05) is 12.3 Å². The van der Waals surface area contributed by atoms with Gasteiger partial charge in [-0.05, 0) is 18.2 Å². The zero-order valence-corrected chi connectivity index (χ0v) is 10.9. The lowest BCUT2D eigenvalue weighted by Gasteiger charge is -2.02. The van der Waals surface area contributed by atoms with Crippen LogP contribution in [-0.2, 0) is 0 Å². The van der Waals surface area contributed by atoms with Crippen LogP contribution >= 0.6 is 22.9 Å². The van der Waals surface area contributed by atoms with E-state index in [0.29, 0.717) is 6.54 Å². The van der Waals surface area contributed by atoms with Gasteiger partial charge in [0.1, 0.15) is 5.82 Å². The minimum atomic E-state index is -0.416. The number of hydrogen-bond acceptors (Lipinski definition) is 3. The van der Waals surface area contributed by atoms with E-state index in [1.165, 1.54) is 6.07 Å². The Kier molecular flexibility index (Phi) is 3.76. The lowest BCUT2D eigenvalue weighted by molar-refractivity contribution is 0.628. The van der Waals surface area contributed by atoms with E-state index in [1.54, 1.807) is 23.5 Å². The topological polar surface area (TPSA) is 38.9 Å². The minimum Gasteiger partial charge on any atom is -0.330 e. The summed E-state index contributed by atoms with van der Waals surface area (Å²) in [6.07, 6.45) is 0. The number of nitrogens with zero attached hydrogens (tertiary/aromatic N) is 1. The molecule has 0 aliphatic rings. The van der Waals surface area contributed by atoms with Gasteiger partial charge in [0, 0.05) is 23.4 Å². The van der Waals surface area contributed by atoms with Crippen molar-refractivity contribution in [2.24, 2.45) is 5.73 Å². The first-order chi connectivity index (χ1) is 8.11. The van der Waals surface area contributed by atoms with Gasteiger partial charge in [0.05, 0.1) is 15.7 Å². The molecule has 17 heavy (non-hydrogen) atoms. The molecule has 2 rings (SSSR count). The van der Waals surface area contributed by atoms with E-state index in [0.717, 1.165) is 16.3 Å². The molecule has 0 aliphatic heterocycles. The number of aromatic nitrogens is 1. The van der Waals surface area contributed by atoms with Crippen LogP contribution in [0.2, 0.25) is 5.02 Å². The molecule has 1 atom stereocenters. The van der Waals surface area contributed by atoms with Crippen LogP contribution in [-0.4, -0.2) is 11.5 Å². The Balaban J connectivity index is 2.33. The van der Waals surface area contributed by atoms with Crippen molar-refractivity contribution in [2.75, 3.05) is 6.54 Å². The molecular weight excluding hydrogens is 259 g/mol. The van der Waals surface area contributed by atoms with Crippen LogP contribution in [0.25, 0.3) is 11.3 Å². The molecule has 0 radical (unpaired) electrons. The Morgan fingerprint density at radius 2 is 2.29 bits per heavy atom. The highest BCUT2D eigenvalue weighted by Crippen LogP contribution is 2.28. The third kappa shape index (κ3) is 2.65. The van der Waals surface area contributed by atoms with Crippen molar-refractivity contribution in [3.05, 3.63) is 39.4 Å². The maximum atomic E-state index is 13.0. The summed E-state index contributed by atoms with van der Waals surface area (Å²) in [6, 6.07) is 4.61. The van der Waals surface area contributed by atoms with Crippen LogP contribution in [0.3, 0.4) is 0 Å². The summed E-state index contributed by atoms with van der Waals surface area (Å²) in [5, 5.41) is 3.04. The fourth-order valence-electron chi connectivity index (χ4n) is 1.40. The van der Waals surface area contributed by atoms with E-state index < -0.39 is 5.82 Å². The van der Waals surface area contributed by atoms with Crippen molar-refractivity contribution in [1.82, 2.24) is 4.98 Å². The van der Waals surface area contributed by atoms with Gasteiger partial charge < -0.3 is 5.73 Å². The van der Waals surface area contributed by atoms with Crippen molar-refractivity contribution in [3.8, 4) is 11.3 Å². The van der Waals surface area contributed by atoms with Gasteiger partial charge >= 0.3 is 0 Å². The summed E-state index contributed by atoms with van der Waals surface area (Å²) >= 11 is 7.30. The molecule has 5 heteroatoms. The lowest BCUT2D eigenvalue weighted by atomic mass is 10.1. The fourth-order valence-corrected chi connectivity index (χ4v) is 2.48. The minimum absolute atomic E-state index is 0.115. The van der Waals surface area contributed by atoms with Crippen LogP contribution in [0, 0.1) is 5.82 Å². The normalized spacial score (nSPS) is 12.7. The molecule has 1 unspecified atom stereocenters. The first-order valence-corrected chi connectivity index (χ1v) is 6.48. The molecule has 0 amide bonds. The first-order valence-electron chi connectivity index (χ1n) is 5.22. The van der Waals surface area contributed by atoms with Crippen LogP contribution in [0.1, 0.15) is 17.8 Å². The molecule has 0 saturated carbocycles. The van der Waals surface area contributed by atoms with Gasteiger partial charge in [-0.15, -0.1) is 11.3 Å². The number of hydrogen-bond donors (Lipinski definition) is 1. The van der Waals surface area contributed by atoms with Crippen LogP contribution < -0.4 is 5.73 Å². The van der Waals surface area contributed by atoms with Gasteiger partial charge in [-0.2, -0.15) is 0 Å². The largest absolute Gasteiger partial charge is 0.330 e. The standard InChI is InChI=1S/C12H12ClFN2S/c1-7(5-15)12-16-11(6-17-12)8-2-3-10(14)9(13)4-8/h2-4,6-7H,5,15H2,1H3. The Morgan fingerprint density at radius 3 is 2.94 bits per heavy atom. The molecule has 1 aromatic carbocycles. The number of rotatable bonds is 3.